The summed E-state index contributed by atoms with van der Waals surface area (Å²) in [5.74, 6) is 0. The Labute approximate surface area is 90.1 Å². The van der Waals surface area contributed by atoms with Crippen LogP contribution < -0.4 is 16.8 Å². The lowest BCUT2D eigenvalue weighted by atomic mass is 10.1. The molecule has 6 heteroatoms. The molecule has 3 atom stereocenters. The van der Waals surface area contributed by atoms with Crippen LogP contribution >= 0.6 is 0 Å². The van der Waals surface area contributed by atoms with Crippen molar-refractivity contribution in [3.63, 3.8) is 0 Å². The van der Waals surface area contributed by atoms with Crippen molar-refractivity contribution in [2.24, 2.45) is 11.5 Å². The van der Waals surface area contributed by atoms with Gasteiger partial charge < -0.3 is 16.7 Å². The molecule has 0 aliphatic carbocycles. The molecule has 2 aliphatic heterocycles. The third-order valence-electron chi connectivity index (χ3n) is 3.28. The van der Waals surface area contributed by atoms with Gasteiger partial charge in [-0.25, -0.2) is 0 Å². The minimum absolute atomic E-state index is 0.207. The van der Waals surface area contributed by atoms with Gasteiger partial charge in [0.05, 0.1) is 12.3 Å². The standard InChI is InChI=1S/C9H21N5O/c10-7-6-8(12-9(11)14(7)15)13-4-2-1-3-5-13/h7-9,12,15H,1-6,10-11H2. The number of hydrogen-bond donors (Lipinski definition) is 4. The predicted octanol–water partition coefficient (Wildman–Crippen LogP) is -0.990. The van der Waals surface area contributed by atoms with Crippen molar-refractivity contribution in [3.05, 3.63) is 0 Å². The summed E-state index contributed by atoms with van der Waals surface area (Å²) in [6.45, 7) is 2.20. The van der Waals surface area contributed by atoms with Crippen LogP contribution in [-0.2, 0) is 0 Å². The van der Waals surface area contributed by atoms with Crippen molar-refractivity contribution in [3.8, 4) is 0 Å². The Balaban J connectivity index is 1.92. The van der Waals surface area contributed by atoms with Crippen LogP contribution in [-0.4, -0.2) is 46.9 Å². The molecule has 2 rings (SSSR count). The number of hydroxylamine groups is 2. The zero-order valence-electron chi connectivity index (χ0n) is 8.97. The van der Waals surface area contributed by atoms with Crippen LogP contribution in [0.4, 0.5) is 0 Å². The second-order valence-corrected chi connectivity index (χ2v) is 4.41. The van der Waals surface area contributed by atoms with Crippen molar-refractivity contribution in [1.29, 1.82) is 0 Å². The average molecular weight is 215 g/mol. The summed E-state index contributed by atoms with van der Waals surface area (Å²) in [5, 5.41) is 13.6. The largest absolute Gasteiger partial charge is 0.314 e. The van der Waals surface area contributed by atoms with Gasteiger partial charge in [-0.2, -0.15) is 0 Å². The van der Waals surface area contributed by atoms with Crippen molar-refractivity contribution in [1.82, 2.24) is 15.3 Å². The van der Waals surface area contributed by atoms with Gasteiger partial charge >= 0.3 is 0 Å². The third kappa shape index (κ3) is 2.47. The molecule has 2 fully saturated rings. The minimum Gasteiger partial charge on any atom is -0.314 e. The molecule has 0 aromatic carbocycles. The van der Waals surface area contributed by atoms with Gasteiger partial charge in [0.2, 0.25) is 0 Å². The molecule has 2 aliphatic rings. The van der Waals surface area contributed by atoms with E-state index >= 15 is 0 Å². The monoisotopic (exact) mass is 215 g/mol. The van der Waals surface area contributed by atoms with Gasteiger partial charge in [0.25, 0.3) is 0 Å². The van der Waals surface area contributed by atoms with Gasteiger partial charge in [0.1, 0.15) is 6.29 Å². The van der Waals surface area contributed by atoms with Gasteiger partial charge in [0, 0.05) is 6.42 Å². The lowest BCUT2D eigenvalue weighted by molar-refractivity contribution is -0.197. The van der Waals surface area contributed by atoms with Crippen LogP contribution in [0, 0.1) is 0 Å². The molecular formula is C9H21N5O. The number of likely N-dealkylation sites (tertiary alicyclic amines) is 1. The van der Waals surface area contributed by atoms with E-state index in [9.17, 15) is 5.21 Å². The predicted molar refractivity (Wildman–Crippen MR) is 56.5 cm³/mol. The molecule has 0 saturated carbocycles. The molecule has 0 amide bonds. The zero-order valence-corrected chi connectivity index (χ0v) is 8.97. The molecule has 6 N–H and O–H groups in total. The molecule has 2 saturated heterocycles. The van der Waals surface area contributed by atoms with E-state index in [0.717, 1.165) is 18.2 Å². The van der Waals surface area contributed by atoms with E-state index in [1.807, 2.05) is 0 Å². The fourth-order valence-electron chi connectivity index (χ4n) is 2.37. The van der Waals surface area contributed by atoms with Gasteiger partial charge in [-0.3, -0.25) is 10.2 Å². The van der Waals surface area contributed by atoms with E-state index in [4.69, 9.17) is 11.5 Å². The smallest absolute Gasteiger partial charge is 0.137 e. The third-order valence-corrected chi connectivity index (χ3v) is 3.28. The van der Waals surface area contributed by atoms with Crippen molar-refractivity contribution in [2.75, 3.05) is 13.1 Å². The second-order valence-electron chi connectivity index (χ2n) is 4.41. The molecule has 0 aromatic rings. The maximum absolute atomic E-state index is 9.46. The maximum Gasteiger partial charge on any atom is 0.137 e. The van der Waals surface area contributed by atoms with Crippen LogP contribution in [0.1, 0.15) is 25.7 Å². The maximum atomic E-state index is 9.46. The molecule has 0 radical (unpaired) electrons. The van der Waals surface area contributed by atoms with Crippen molar-refractivity contribution in [2.45, 2.75) is 44.3 Å². The number of rotatable bonds is 1. The Hall–Kier alpha value is -0.240. The molecule has 88 valence electrons. The first-order chi connectivity index (χ1) is 7.18. The first-order valence-corrected chi connectivity index (χ1v) is 5.67. The van der Waals surface area contributed by atoms with Crippen LogP contribution in [0.25, 0.3) is 0 Å². The van der Waals surface area contributed by atoms with E-state index in [0.29, 0.717) is 6.42 Å². The second kappa shape index (κ2) is 4.73. The fourth-order valence-corrected chi connectivity index (χ4v) is 2.37. The summed E-state index contributed by atoms with van der Waals surface area (Å²) < 4.78 is 0. The molecule has 0 bridgehead atoms. The van der Waals surface area contributed by atoms with Gasteiger partial charge in [-0.05, 0) is 25.9 Å². The van der Waals surface area contributed by atoms with Gasteiger partial charge in [-0.15, -0.1) is 5.06 Å². The number of hydrogen-bond acceptors (Lipinski definition) is 6. The first kappa shape index (κ1) is 11.3. The zero-order chi connectivity index (χ0) is 10.8. The van der Waals surface area contributed by atoms with E-state index in [2.05, 4.69) is 10.2 Å². The minimum atomic E-state index is -0.555. The lowest BCUT2D eigenvalue weighted by Gasteiger charge is -2.44. The highest BCUT2D eigenvalue weighted by Crippen LogP contribution is 2.17. The highest BCUT2D eigenvalue weighted by atomic mass is 16.5. The molecule has 0 spiro atoms. The number of nitrogens with zero attached hydrogens (tertiary/aromatic N) is 2. The quantitative estimate of drug-likeness (QED) is 0.449. The summed E-state index contributed by atoms with van der Waals surface area (Å²) in [5.41, 5.74) is 11.5. The highest BCUT2D eigenvalue weighted by molar-refractivity contribution is 4.82. The lowest BCUT2D eigenvalue weighted by Crippen LogP contribution is -2.69. The highest BCUT2D eigenvalue weighted by Gasteiger charge is 2.33. The Morgan fingerprint density at radius 3 is 2.40 bits per heavy atom. The van der Waals surface area contributed by atoms with Crippen LogP contribution in [0.5, 0.6) is 0 Å². The van der Waals surface area contributed by atoms with E-state index in [-0.39, 0.29) is 12.3 Å². The summed E-state index contributed by atoms with van der Waals surface area (Å²) >= 11 is 0. The normalized spacial score (nSPS) is 40.6. The van der Waals surface area contributed by atoms with Crippen LogP contribution in [0.3, 0.4) is 0 Å². The molecular weight excluding hydrogens is 194 g/mol. The van der Waals surface area contributed by atoms with Crippen LogP contribution in [0.2, 0.25) is 0 Å². The van der Waals surface area contributed by atoms with E-state index < -0.39 is 6.29 Å². The summed E-state index contributed by atoms with van der Waals surface area (Å²) in [6.07, 6.45) is 3.79. The molecule has 15 heavy (non-hydrogen) atoms. The van der Waals surface area contributed by atoms with Crippen LogP contribution in [0.15, 0.2) is 0 Å². The number of nitrogens with one attached hydrogen (secondary N) is 1. The summed E-state index contributed by atoms with van der Waals surface area (Å²) in [7, 11) is 0. The van der Waals surface area contributed by atoms with E-state index in [1.54, 1.807) is 0 Å². The molecule has 6 nitrogen and oxygen atoms in total. The number of nitrogens with two attached hydrogens (primary N) is 2. The molecule has 3 unspecified atom stereocenters. The Morgan fingerprint density at radius 1 is 1.13 bits per heavy atom. The van der Waals surface area contributed by atoms with Crippen molar-refractivity contribution >= 4 is 0 Å². The topological polar surface area (TPSA) is 90.8 Å². The fraction of sp³-hybridized carbons (Fsp3) is 1.00. The van der Waals surface area contributed by atoms with E-state index in [1.165, 1.54) is 19.3 Å². The average Bonchev–Trinajstić information content (AvgIpc) is 2.26. The Kier molecular flexibility index (Phi) is 3.55. The van der Waals surface area contributed by atoms with Gasteiger partial charge in [0.15, 0.2) is 0 Å². The SMILES string of the molecule is NC1CC(N2CCCCC2)NC(N)N1O. The summed E-state index contributed by atoms with van der Waals surface area (Å²) in [4.78, 5) is 2.37. The summed E-state index contributed by atoms with van der Waals surface area (Å²) in [6, 6.07) is 0. The number of piperidine rings is 1. The Morgan fingerprint density at radius 2 is 1.80 bits per heavy atom. The molecule has 0 aromatic heterocycles. The van der Waals surface area contributed by atoms with Gasteiger partial charge in [-0.1, -0.05) is 6.42 Å². The van der Waals surface area contributed by atoms with Crippen molar-refractivity contribution < 1.29 is 5.21 Å². The Bertz CT molecular complexity index is 197. The first-order valence-electron chi connectivity index (χ1n) is 5.67. The molecule has 2 heterocycles.